The van der Waals surface area contributed by atoms with Gasteiger partial charge in [0.1, 0.15) is 5.82 Å². The van der Waals surface area contributed by atoms with Crippen molar-refractivity contribution in [1.82, 2.24) is 30.2 Å². The number of aryl methyl sites for hydroxylation is 1. The van der Waals surface area contributed by atoms with Gasteiger partial charge >= 0.3 is 0 Å². The molecule has 1 amide bonds. The van der Waals surface area contributed by atoms with Gasteiger partial charge in [-0.3, -0.25) is 14.5 Å². The maximum atomic E-state index is 12.1. The van der Waals surface area contributed by atoms with Gasteiger partial charge in [0.25, 0.3) is 5.56 Å². The Kier molecular flexibility index (Phi) is 5.90. The zero-order valence-electron chi connectivity index (χ0n) is 14.8. The summed E-state index contributed by atoms with van der Waals surface area (Å²) in [5.74, 6) is 1.30. The molecule has 3 rings (SSSR count). The second kappa shape index (κ2) is 8.52. The lowest BCUT2D eigenvalue weighted by molar-refractivity contribution is -0.122. The van der Waals surface area contributed by atoms with Crippen molar-refractivity contribution in [3.63, 3.8) is 0 Å². The molecule has 0 spiro atoms. The number of H-pyrrole nitrogens is 1. The number of nitrogens with zero attached hydrogens (tertiary/aromatic N) is 5. The molecular formula is C17H23N7O2. The van der Waals surface area contributed by atoms with E-state index in [0.717, 1.165) is 32.1 Å². The summed E-state index contributed by atoms with van der Waals surface area (Å²) in [4.78, 5) is 43.2. The summed E-state index contributed by atoms with van der Waals surface area (Å²) in [6, 6.07) is 3.24. The average Bonchev–Trinajstić information content (AvgIpc) is 2.62. The van der Waals surface area contributed by atoms with Gasteiger partial charge in [-0.25, -0.2) is 15.0 Å². The molecule has 9 heteroatoms. The molecule has 3 heterocycles. The van der Waals surface area contributed by atoms with E-state index in [0.29, 0.717) is 31.0 Å². The first-order chi connectivity index (χ1) is 12.6. The van der Waals surface area contributed by atoms with Crippen molar-refractivity contribution < 1.29 is 4.79 Å². The van der Waals surface area contributed by atoms with E-state index in [-0.39, 0.29) is 11.5 Å². The van der Waals surface area contributed by atoms with E-state index in [2.05, 4.69) is 35.1 Å². The molecule has 1 aliphatic heterocycles. The standard InChI is InChI=1S/C17H23N7O2/c1-13-11-15(25)22-14(21-13)3-6-18-16(26)12-23-7-9-24(10-8-23)17-19-4-2-5-20-17/h2,4-5,11H,3,6-10,12H2,1H3,(H,18,26)(H,21,22,25). The molecule has 0 atom stereocenters. The molecule has 2 N–H and O–H groups in total. The minimum absolute atomic E-state index is 0.0237. The summed E-state index contributed by atoms with van der Waals surface area (Å²) in [7, 11) is 0. The highest BCUT2D eigenvalue weighted by Crippen LogP contribution is 2.09. The fourth-order valence-electron chi connectivity index (χ4n) is 2.90. The van der Waals surface area contributed by atoms with Gasteiger partial charge in [-0.2, -0.15) is 0 Å². The predicted molar refractivity (Wildman–Crippen MR) is 97.0 cm³/mol. The summed E-state index contributed by atoms with van der Waals surface area (Å²) in [6.07, 6.45) is 3.97. The van der Waals surface area contributed by atoms with Crippen LogP contribution in [0.1, 0.15) is 11.5 Å². The van der Waals surface area contributed by atoms with Crippen LogP contribution < -0.4 is 15.8 Å². The number of hydrogen-bond acceptors (Lipinski definition) is 7. The third kappa shape index (κ3) is 5.09. The first-order valence-corrected chi connectivity index (χ1v) is 8.68. The van der Waals surface area contributed by atoms with Gasteiger partial charge < -0.3 is 15.2 Å². The van der Waals surface area contributed by atoms with Crippen molar-refractivity contribution in [1.29, 1.82) is 0 Å². The average molecular weight is 357 g/mol. The first kappa shape index (κ1) is 18.0. The zero-order valence-corrected chi connectivity index (χ0v) is 14.8. The normalized spacial score (nSPS) is 15.0. The number of rotatable bonds is 6. The molecule has 0 saturated carbocycles. The molecule has 2 aromatic rings. The van der Waals surface area contributed by atoms with E-state index in [1.165, 1.54) is 6.07 Å². The molecule has 0 aromatic carbocycles. The Morgan fingerprint density at radius 1 is 1.23 bits per heavy atom. The van der Waals surface area contributed by atoms with E-state index in [1.807, 2.05) is 0 Å². The van der Waals surface area contributed by atoms with Crippen LogP contribution in [0.2, 0.25) is 0 Å². The van der Waals surface area contributed by atoms with Crippen LogP contribution >= 0.6 is 0 Å². The minimum atomic E-state index is -0.168. The highest BCUT2D eigenvalue weighted by atomic mass is 16.2. The quantitative estimate of drug-likeness (QED) is 0.707. The van der Waals surface area contributed by atoms with Crippen molar-refractivity contribution in [3.05, 3.63) is 46.4 Å². The van der Waals surface area contributed by atoms with Crippen LogP contribution in [0.3, 0.4) is 0 Å². The molecule has 1 fully saturated rings. The molecule has 1 aliphatic rings. The summed E-state index contributed by atoms with van der Waals surface area (Å²) in [5, 5.41) is 2.88. The molecule has 0 radical (unpaired) electrons. The van der Waals surface area contributed by atoms with Crippen LogP contribution in [0.4, 0.5) is 5.95 Å². The van der Waals surface area contributed by atoms with Crippen LogP contribution in [-0.2, 0) is 11.2 Å². The fraction of sp³-hybridized carbons (Fsp3) is 0.471. The number of carbonyl (C=O) groups is 1. The summed E-state index contributed by atoms with van der Waals surface area (Å²) < 4.78 is 0. The van der Waals surface area contributed by atoms with Crippen LogP contribution in [0.5, 0.6) is 0 Å². The number of carbonyl (C=O) groups excluding carboxylic acids is 1. The van der Waals surface area contributed by atoms with Gasteiger partial charge in [0, 0.05) is 63.3 Å². The molecule has 9 nitrogen and oxygen atoms in total. The molecule has 1 saturated heterocycles. The summed E-state index contributed by atoms with van der Waals surface area (Å²) in [6.45, 7) is 5.76. The van der Waals surface area contributed by atoms with Gasteiger partial charge in [0.2, 0.25) is 11.9 Å². The highest BCUT2D eigenvalue weighted by Gasteiger charge is 2.20. The number of piperazine rings is 1. The van der Waals surface area contributed by atoms with Crippen molar-refractivity contribution >= 4 is 11.9 Å². The topological polar surface area (TPSA) is 107 Å². The Labute approximate surface area is 151 Å². The molecule has 0 unspecified atom stereocenters. The number of amides is 1. The lowest BCUT2D eigenvalue weighted by atomic mass is 10.3. The molecular weight excluding hydrogens is 334 g/mol. The Balaban J connectivity index is 1.38. The lowest BCUT2D eigenvalue weighted by Gasteiger charge is -2.34. The van der Waals surface area contributed by atoms with Gasteiger partial charge in [-0.05, 0) is 13.0 Å². The van der Waals surface area contributed by atoms with Gasteiger partial charge in [0.15, 0.2) is 0 Å². The van der Waals surface area contributed by atoms with E-state index in [4.69, 9.17) is 0 Å². The largest absolute Gasteiger partial charge is 0.355 e. The number of aromatic amines is 1. The van der Waals surface area contributed by atoms with Crippen LogP contribution in [0.15, 0.2) is 29.3 Å². The van der Waals surface area contributed by atoms with E-state index >= 15 is 0 Å². The SMILES string of the molecule is Cc1cc(=O)[nH]c(CCNC(=O)CN2CCN(c3ncccn3)CC2)n1. The summed E-state index contributed by atoms with van der Waals surface area (Å²) >= 11 is 0. The van der Waals surface area contributed by atoms with Crippen LogP contribution in [-0.4, -0.2) is 70.0 Å². The molecule has 2 aromatic heterocycles. The van der Waals surface area contributed by atoms with E-state index < -0.39 is 0 Å². The Bertz CT molecular complexity index is 785. The maximum Gasteiger partial charge on any atom is 0.251 e. The first-order valence-electron chi connectivity index (χ1n) is 8.68. The Morgan fingerprint density at radius 3 is 2.65 bits per heavy atom. The molecule has 0 aliphatic carbocycles. The van der Waals surface area contributed by atoms with E-state index in [1.54, 1.807) is 25.4 Å². The van der Waals surface area contributed by atoms with Crippen molar-refractivity contribution in [2.24, 2.45) is 0 Å². The van der Waals surface area contributed by atoms with Crippen LogP contribution in [0, 0.1) is 6.92 Å². The number of hydrogen-bond donors (Lipinski definition) is 2. The number of anilines is 1. The van der Waals surface area contributed by atoms with Crippen molar-refractivity contribution in [2.75, 3.05) is 44.2 Å². The Hall–Kier alpha value is -2.81. The fourth-order valence-corrected chi connectivity index (χ4v) is 2.90. The minimum Gasteiger partial charge on any atom is -0.355 e. The molecule has 26 heavy (non-hydrogen) atoms. The predicted octanol–water partition coefficient (Wildman–Crippen LogP) is -0.651. The monoisotopic (exact) mass is 357 g/mol. The number of aromatic nitrogens is 4. The third-order valence-corrected chi connectivity index (χ3v) is 4.18. The maximum absolute atomic E-state index is 12.1. The second-order valence-corrected chi connectivity index (χ2v) is 6.25. The smallest absolute Gasteiger partial charge is 0.251 e. The zero-order chi connectivity index (χ0) is 18.4. The summed E-state index contributed by atoms with van der Waals surface area (Å²) in [5.41, 5.74) is 0.509. The molecule has 0 bridgehead atoms. The van der Waals surface area contributed by atoms with Crippen molar-refractivity contribution in [2.45, 2.75) is 13.3 Å². The lowest BCUT2D eigenvalue weighted by Crippen LogP contribution is -2.50. The van der Waals surface area contributed by atoms with E-state index in [9.17, 15) is 9.59 Å². The van der Waals surface area contributed by atoms with Crippen molar-refractivity contribution in [3.8, 4) is 0 Å². The Morgan fingerprint density at radius 2 is 1.96 bits per heavy atom. The van der Waals surface area contributed by atoms with Gasteiger partial charge in [-0.15, -0.1) is 0 Å². The van der Waals surface area contributed by atoms with Gasteiger partial charge in [-0.1, -0.05) is 0 Å². The second-order valence-electron chi connectivity index (χ2n) is 6.25. The molecule has 138 valence electrons. The third-order valence-electron chi connectivity index (χ3n) is 4.18. The highest BCUT2D eigenvalue weighted by molar-refractivity contribution is 5.78. The van der Waals surface area contributed by atoms with Crippen LogP contribution in [0.25, 0.3) is 0 Å². The number of nitrogens with one attached hydrogen (secondary N) is 2. The van der Waals surface area contributed by atoms with Gasteiger partial charge in [0.05, 0.1) is 6.54 Å².